The summed E-state index contributed by atoms with van der Waals surface area (Å²) < 4.78 is 7.29. The van der Waals surface area contributed by atoms with Gasteiger partial charge in [0.15, 0.2) is 8.32 Å². The first-order valence-electron chi connectivity index (χ1n) is 7.11. The number of rotatable bonds is 7. The largest absolute Gasteiger partial charge is 0.413 e. The van der Waals surface area contributed by atoms with Gasteiger partial charge < -0.3 is 4.43 Å². The van der Waals surface area contributed by atoms with E-state index in [1.807, 2.05) is 0 Å². The van der Waals surface area contributed by atoms with Crippen LogP contribution in [0, 0.1) is 0 Å². The van der Waals surface area contributed by atoms with Crippen LogP contribution in [0.3, 0.4) is 0 Å². The third kappa shape index (κ3) is 8.30. The number of halogens is 1. The molecule has 0 aromatic carbocycles. The van der Waals surface area contributed by atoms with E-state index in [1.165, 1.54) is 11.1 Å². The molecule has 0 heterocycles. The molecule has 0 atom stereocenters. The molecule has 3 heteroatoms. The summed E-state index contributed by atoms with van der Waals surface area (Å²) in [4.78, 5) is 0. The standard InChI is InChI=1S/C16H31IOSi/c1-14(9-8-10-15(2)13-17)11-12-18-19(6,7)16(3,4)5/h10-11H,8-9,12-13H2,1-7H3/b14-11+,15-10+. The maximum atomic E-state index is 6.16. The van der Waals surface area contributed by atoms with Crippen LogP contribution in [0.1, 0.15) is 47.5 Å². The second-order valence-electron chi connectivity index (χ2n) is 6.84. The van der Waals surface area contributed by atoms with Crippen LogP contribution in [0.15, 0.2) is 23.3 Å². The molecule has 0 aliphatic carbocycles. The SMILES string of the molecule is C/C(=C\CC/C(C)=C/CO[Si](C)(C)C(C)(C)C)CI. The summed E-state index contributed by atoms with van der Waals surface area (Å²) in [6, 6.07) is 0. The number of hydrogen-bond donors (Lipinski definition) is 0. The zero-order valence-electron chi connectivity index (χ0n) is 13.8. The predicted octanol–water partition coefficient (Wildman–Crippen LogP) is 6.12. The Bertz CT molecular complexity index is 324. The van der Waals surface area contributed by atoms with Gasteiger partial charge >= 0.3 is 0 Å². The minimum Gasteiger partial charge on any atom is -0.413 e. The normalized spacial score (nSPS) is 14.9. The summed E-state index contributed by atoms with van der Waals surface area (Å²) >= 11 is 2.41. The van der Waals surface area contributed by atoms with E-state index in [0.29, 0.717) is 5.04 Å². The Balaban J connectivity index is 4.14. The van der Waals surface area contributed by atoms with Crippen molar-refractivity contribution >= 4 is 30.9 Å². The smallest absolute Gasteiger partial charge is 0.192 e. The van der Waals surface area contributed by atoms with Crippen molar-refractivity contribution < 1.29 is 4.43 Å². The molecule has 0 unspecified atom stereocenters. The fraction of sp³-hybridized carbons (Fsp3) is 0.750. The Morgan fingerprint density at radius 3 is 2.16 bits per heavy atom. The molecule has 1 nitrogen and oxygen atoms in total. The molecule has 0 spiro atoms. The maximum Gasteiger partial charge on any atom is 0.192 e. The molecule has 0 saturated carbocycles. The molecule has 0 bridgehead atoms. The van der Waals surface area contributed by atoms with Crippen molar-refractivity contribution in [3.8, 4) is 0 Å². The third-order valence-corrected chi connectivity index (χ3v) is 9.63. The first-order chi connectivity index (χ1) is 8.60. The summed E-state index contributed by atoms with van der Waals surface area (Å²) in [5.41, 5.74) is 2.92. The molecule has 0 radical (unpaired) electrons. The lowest BCUT2D eigenvalue weighted by Gasteiger charge is -2.35. The highest BCUT2D eigenvalue weighted by atomic mass is 127. The van der Waals surface area contributed by atoms with Crippen molar-refractivity contribution in [3.05, 3.63) is 23.3 Å². The Hall–Kier alpha value is 0.387. The average molecular weight is 394 g/mol. The van der Waals surface area contributed by atoms with E-state index in [0.717, 1.165) is 23.9 Å². The van der Waals surface area contributed by atoms with Crippen molar-refractivity contribution in [3.63, 3.8) is 0 Å². The van der Waals surface area contributed by atoms with Crippen molar-refractivity contribution in [1.29, 1.82) is 0 Å². The first-order valence-corrected chi connectivity index (χ1v) is 11.5. The van der Waals surface area contributed by atoms with Gasteiger partial charge in [-0.15, -0.1) is 0 Å². The van der Waals surface area contributed by atoms with Crippen LogP contribution in [0.5, 0.6) is 0 Å². The minimum absolute atomic E-state index is 0.300. The lowest BCUT2D eigenvalue weighted by molar-refractivity contribution is 0.327. The lowest BCUT2D eigenvalue weighted by atomic mass is 10.1. The topological polar surface area (TPSA) is 9.23 Å². The van der Waals surface area contributed by atoms with Crippen LogP contribution in [0.4, 0.5) is 0 Å². The van der Waals surface area contributed by atoms with E-state index in [4.69, 9.17) is 4.43 Å². The van der Waals surface area contributed by atoms with Crippen LogP contribution in [-0.4, -0.2) is 19.4 Å². The maximum absolute atomic E-state index is 6.16. The summed E-state index contributed by atoms with van der Waals surface area (Å²) in [5, 5.41) is 0.300. The molecular weight excluding hydrogens is 363 g/mol. The van der Waals surface area contributed by atoms with E-state index in [9.17, 15) is 0 Å². The van der Waals surface area contributed by atoms with Crippen LogP contribution < -0.4 is 0 Å². The first kappa shape index (κ1) is 19.4. The van der Waals surface area contributed by atoms with Gasteiger partial charge in [0.05, 0.1) is 6.61 Å². The van der Waals surface area contributed by atoms with Gasteiger partial charge in [-0.2, -0.15) is 0 Å². The van der Waals surface area contributed by atoms with Gasteiger partial charge in [0.1, 0.15) is 0 Å². The molecule has 0 aromatic rings. The van der Waals surface area contributed by atoms with Gasteiger partial charge in [0, 0.05) is 4.43 Å². The second-order valence-corrected chi connectivity index (χ2v) is 12.4. The molecule has 0 N–H and O–H groups in total. The second kappa shape index (κ2) is 8.62. The quantitative estimate of drug-likeness (QED) is 0.219. The number of alkyl halides is 1. The van der Waals surface area contributed by atoms with Crippen LogP contribution in [0.2, 0.25) is 18.1 Å². The lowest BCUT2D eigenvalue weighted by Crippen LogP contribution is -2.40. The molecular formula is C16H31IOSi. The Kier molecular flexibility index (Phi) is 8.80. The zero-order valence-corrected chi connectivity index (χ0v) is 16.9. The van der Waals surface area contributed by atoms with Gasteiger partial charge in [-0.3, -0.25) is 0 Å². The van der Waals surface area contributed by atoms with Crippen molar-refractivity contribution in [2.45, 2.75) is 65.6 Å². The van der Waals surface area contributed by atoms with E-state index in [-0.39, 0.29) is 0 Å². The Labute approximate surface area is 135 Å². The van der Waals surface area contributed by atoms with Crippen LogP contribution >= 0.6 is 22.6 Å². The summed E-state index contributed by atoms with van der Waals surface area (Å²) in [6.07, 6.45) is 6.90. The summed E-state index contributed by atoms with van der Waals surface area (Å²) in [6.45, 7) is 16.7. The summed E-state index contributed by atoms with van der Waals surface area (Å²) in [7, 11) is -1.58. The van der Waals surface area contributed by atoms with E-state index >= 15 is 0 Å². The average Bonchev–Trinajstić information content (AvgIpc) is 2.26. The molecule has 19 heavy (non-hydrogen) atoms. The molecule has 112 valence electrons. The van der Waals surface area contributed by atoms with Crippen LogP contribution in [-0.2, 0) is 4.43 Å². The van der Waals surface area contributed by atoms with Gasteiger partial charge in [0.25, 0.3) is 0 Å². The van der Waals surface area contributed by atoms with Gasteiger partial charge in [-0.25, -0.2) is 0 Å². The molecule has 0 saturated heterocycles. The van der Waals surface area contributed by atoms with E-state index in [1.54, 1.807) is 0 Å². The number of allylic oxidation sites excluding steroid dienone is 3. The molecule has 0 aromatic heterocycles. The van der Waals surface area contributed by atoms with Gasteiger partial charge in [-0.05, 0) is 44.8 Å². The molecule has 0 aliphatic heterocycles. The fourth-order valence-corrected chi connectivity index (χ4v) is 2.56. The molecule has 0 amide bonds. The Morgan fingerprint density at radius 2 is 1.68 bits per heavy atom. The monoisotopic (exact) mass is 394 g/mol. The van der Waals surface area contributed by atoms with Crippen LogP contribution in [0.25, 0.3) is 0 Å². The van der Waals surface area contributed by atoms with Crippen molar-refractivity contribution in [2.24, 2.45) is 0 Å². The summed E-state index contributed by atoms with van der Waals surface area (Å²) in [5.74, 6) is 0. The van der Waals surface area contributed by atoms with E-state index in [2.05, 4.69) is 82.5 Å². The predicted molar refractivity (Wildman–Crippen MR) is 98.8 cm³/mol. The van der Waals surface area contributed by atoms with Gasteiger partial charge in [0.2, 0.25) is 0 Å². The fourth-order valence-electron chi connectivity index (χ4n) is 1.31. The highest BCUT2D eigenvalue weighted by Gasteiger charge is 2.36. The molecule has 0 aliphatic rings. The zero-order chi connectivity index (χ0) is 15.1. The van der Waals surface area contributed by atoms with Crippen molar-refractivity contribution in [1.82, 2.24) is 0 Å². The Morgan fingerprint density at radius 1 is 1.11 bits per heavy atom. The minimum atomic E-state index is -1.58. The van der Waals surface area contributed by atoms with E-state index < -0.39 is 8.32 Å². The molecule has 0 fully saturated rings. The number of hydrogen-bond acceptors (Lipinski definition) is 1. The highest BCUT2D eigenvalue weighted by Crippen LogP contribution is 2.36. The van der Waals surface area contributed by atoms with Crippen molar-refractivity contribution in [2.75, 3.05) is 11.0 Å². The van der Waals surface area contributed by atoms with Gasteiger partial charge in [-0.1, -0.05) is 66.7 Å². The molecule has 0 rings (SSSR count). The highest BCUT2D eigenvalue weighted by molar-refractivity contribution is 14.1. The third-order valence-electron chi connectivity index (χ3n) is 3.92.